The Labute approximate surface area is 219 Å². The number of benzene rings is 1. The van der Waals surface area contributed by atoms with E-state index in [0.717, 1.165) is 16.2 Å². The first-order valence-corrected chi connectivity index (χ1v) is 12.4. The van der Waals surface area contributed by atoms with Crippen LogP contribution in [0.3, 0.4) is 0 Å². The molecule has 2 aliphatic rings. The van der Waals surface area contributed by atoms with Crippen LogP contribution in [0.4, 0.5) is 11.5 Å². The lowest BCUT2D eigenvalue weighted by Crippen LogP contribution is -2.52. The Kier molecular flexibility index (Phi) is 6.56. The van der Waals surface area contributed by atoms with Crippen molar-refractivity contribution < 1.29 is 19.2 Å². The molecule has 0 unspecified atom stereocenters. The molecule has 4 amide bonds. The largest absolute Gasteiger partial charge is 0.351 e. The van der Waals surface area contributed by atoms with E-state index in [0.29, 0.717) is 41.2 Å². The lowest BCUT2D eigenvalue weighted by atomic mass is 10.1. The van der Waals surface area contributed by atoms with Gasteiger partial charge in [-0.3, -0.25) is 24.1 Å². The van der Waals surface area contributed by atoms with Gasteiger partial charge in [0, 0.05) is 38.6 Å². The van der Waals surface area contributed by atoms with Crippen LogP contribution in [0.2, 0.25) is 4.34 Å². The van der Waals surface area contributed by atoms with Gasteiger partial charge in [-0.2, -0.15) is 5.26 Å². The van der Waals surface area contributed by atoms with E-state index in [4.69, 9.17) is 11.6 Å². The van der Waals surface area contributed by atoms with Crippen molar-refractivity contribution in [1.29, 1.82) is 5.26 Å². The summed E-state index contributed by atoms with van der Waals surface area (Å²) >= 11 is 6.99. The van der Waals surface area contributed by atoms with Crippen LogP contribution < -0.4 is 10.2 Å². The first-order valence-electron chi connectivity index (χ1n) is 11.2. The fraction of sp³-hybridized carbons (Fsp3) is 0.208. The molecule has 5 rings (SSSR count). The number of rotatable bonds is 5. The number of halogens is 1. The third-order valence-corrected chi connectivity index (χ3v) is 7.28. The third kappa shape index (κ3) is 4.62. The molecular formula is C24H18ClN7O4S. The average molecular weight is 536 g/mol. The van der Waals surface area contributed by atoms with Crippen LogP contribution >= 0.6 is 22.9 Å². The van der Waals surface area contributed by atoms with Crippen molar-refractivity contribution in [3.63, 3.8) is 0 Å². The van der Waals surface area contributed by atoms with Crippen LogP contribution in [0.1, 0.15) is 36.1 Å². The van der Waals surface area contributed by atoms with E-state index in [1.165, 1.54) is 24.5 Å². The van der Waals surface area contributed by atoms with E-state index in [-0.39, 0.29) is 28.4 Å². The third-order valence-electron chi connectivity index (χ3n) is 6.05. The standard InChI is InChI=1S/C24H18ClN7O4S/c25-18-5-4-17(37-18)22(34)29-15-3-1-2-14-20(15)24(36)32(23(14)35)13-19(33)30-8-10-31(11-9-30)21-16(12-26)27-6-7-28-21/h1-7H,8-11,13H2,(H,29,34). The summed E-state index contributed by atoms with van der Waals surface area (Å²) in [4.78, 5) is 64.7. The minimum absolute atomic E-state index is 0.0489. The molecule has 0 aliphatic carbocycles. The molecule has 2 aliphatic heterocycles. The molecule has 3 aromatic rings. The van der Waals surface area contributed by atoms with E-state index in [9.17, 15) is 24.4 Å². The lowest BCUT2D eigenvalue weighted by molar-refractivity contribution is -0.131. The molecule has 2 aromatic heterocycles. The number of hydrogen-bond acceptors (Lipinski definition) is 9. The maximum Gasteiger partial charge on any atom is 0.265 e. The molecule has 0 spiro atoms. The Hall–Kier alpha value is -4.34. The first kappa shape index (κ1) is 24.4. The molecule has 0 saturated carbocycles. The van der Waals surface area contributed by atoms with Gasteiger partial charge in [0.2, 0.25) is 5.91 Å². The molecule has 186 valence electrons. The Morgan fingerprint density at radius 2 is 1.81 bits per heavy atom. The van der Waals surface area contributed by atoms with Gasteiger partial charge in [-0.15, -0.1) is 11.3 Å². The predicted octanol–water partition coefficient (Wildman–Crippen LogP) is 2.26. The summed E-state index contributed by atoms with van der Waals surface area (Å²) in [6.07, 6.45) is 2.95. The number of fused-ring (bicyclic) bond motifs is 1. The Balaban J connectivity index is 1.26. The van der Waals surface area contributed by atoms with E-state index in [2.05, 4.69) is 15.3 Å². The highest BCUT2D eigenvalue weighted by molar-refractivity contribution is 7.18. The normalized spacial score (nSPS) is 15.0. The van der Waals surface area contributed by atoms with E-state index >= 15 is 0 Å². The van der Waals surface area contributed by atoms with Crippen LogP contribution in [0.25, 0.3) is 0 Å². The second-order valence-electron chi connectivity index (χ2n) is 8.19. The van der Waals surface area contributed by atoms with Gasteiger partial charge >= 0.3 is 0 Å². The summed E-state index contributed by atoms with van der Waals surface area (Å²) in [6.45, 7) is 1.07. The van der Waals surface area contributed by atoms with Crippen LogP contribution in [0, 0.1) is 11.3 Å². The summed E-state index contributed by atoms with van der Waals surface area (Å²) in [5.41, 5.74) is 0.564. The number of thiophene rings is 1. The van der Waals surface area contributed by atoms with Crippen LogP contribution in [-0.4, -0.2) is 76.1 Å². The SMILES string of the molecule is N#Cc1nccnc1N1CCN(C(=O)CN2C(=O)c3cccc(NC(=O)c4ccc(Cl)s4)c3C2=O)CC1. The fourth-order valence-electron chi connectivity index (χ4n) is 4.25. The van der Waals surface area contributed by atoms with Crippen LogP contribution in [-0.2, 0) is 4.79 Å². The molecule has 1 aromatic carbocycles. The van der Waals surface area contributed by atoms with Gasteiger partial charge < -0.3 is 15.1 Å². The van der Waals surface area contributed by atoms with Gasteiger partial charge in [-0.1, -0.05) is 17.7 Å². The summed E-state index contributed by atoms with van der Waals surface area (Å²) in [5, 5.41) is 11.9. The Morgan fingerprint density at radius 3 is 2.51 bits per heavy atom. The second kappa shape index (κ2) is 9.96. The number of piperazine rings is 1. The maximum atomic E-state index is 13.2. The molecule has 1 saturated heterocycles. The van der Waals surface area contributed by atoms with Crippen molar-refractivity contribution >= 4 is 58.1 Å². The minimum atomic E-state index is -0.648. The maximum absolute atomic E-state index is 13.2. The number of carbonyl (C=O) groups excluding carboxylic acids is 4. The molecule has 0 radical (unpaired) electrons. The first-order chi connectivity index (χ1) is 17.9. The zero-order chi connectivity index (χ0) is 26.1. The number of anilines is 2. The number of hydrogen-bond donors (Lipinski definition) is 1. The number of nitrogens with one attached hydrogen (secondary N) is 1. The molecule has 0 bridgehead atoms. The second-order valence-corrected chi connectivity index (χ2v) is 9.91. The number of nitrogens with zero attached hydrogens (tertiary/aromatic N) is 6. The van der Waals surface area contributed by atoms with Crippen molar-refractivity contribution in [3.8, 4) is 6.07 Å². The van der Waals surface area contributed by atoms with Gasteiger partial charge in [0.25, 0.3) is 17.7 Å². The summed E-state index contributed by atoms with van der Waals surface area (Å²) < 4.78 is 0.447. The van der Waals surface area contributed by atoms with E-state index in [1.54, 1.807) is 23.1 Å². The molecule has 0 atom stereocenters. The van der Waals surface area contributed by atoms with Crippen LogP contribution in [0.15, 0.2) is 42.7 Å². The number of nitriles is 1. The van der Waals surface area contributed by atoms with Crippen molar-refractivity contribution in [1.82, 2.24) is 19.8 Å². The smallest absolute Gasteiger partial charge is 0.265 e. The molecule has 1 N–H and O–H groups in total. The molecule has 13 heteroatoms. The fourth-order valence-corrected chi connectivity index (χ4v) is 5.18. The molecular weight excluding hydrogens is 518 g/mol. The quantitative estimate of drug-likeness (QED) is 0.491. The monoisotopic (exact) mass is 535 g/mol. The van der Waals surface area contributed by atoms with Gasteiger partial charge in [0.05, 0.1) is 26.0 Å². The highest BCUT2D eigenvalue weighted by Gasteiger charge is 2.39. The van der Waals surface area contributed by atoms with Gasteiger partial charge in [0.15, 0.2) is 11.5 Å². The highest BCUT2D eigenvalue weighted by atomic mass is 35.5. The van der Waals surface area contributed by atoms with Gasteiger partial charge in [-0.25, -0.2) is 9.97 Å². The lowest BCUT2D eigenvalue weighted by Gasteiger charge is -2.35. The number of aromatic nitrogens is 2. The zero-order valence-corrected chi connectivity index (χ0v) is 20.8. The topological polar surface area (TPSA) is 140 Å². The van der Waals surface area contributed by atoms with Gasteiger partial charge in [0.1, 0.15) is 12.6 Å². The summed E-state index contributed by atoms with van der Waals surface area (Å²) in [7, 11) is 0. The van der Waals surface area contributed by atoms with Gasteiger partial charge in [-0.05, 0) is 24.3 Å². The van der Waals surface area contributed by atoms with E-state index in [1.807, 2.05) is 11.0 Å². The predicted molar refractivity (Wildman–Crippen MR) is 135 cm³/mol. The zero-order valence-electron chi connectivity index (χ0n) is 19.2. The summed E-state index contributed by atoms with van der Waals surface area (Å²) in [5.74, 6) is -1.63. The van der Waals surface area contributed by atoms with Crippen molar-refractivity contribution in [2.24, 2.45) is 0 Å². The minimum Gasteiger partial charge on any atom is -0.351 e. The molecule has 4 heterocycles. The molecule has 11 nitrogen and oxygen atoms in total. The van der Waals surface area contributed by atoms with Crippen molar-refractivity contribution in [3.05, 3.63) is 68.8 Å². The summed E-state index contributed by atoms with van der Waals surface area (Å²) in [6, 6.07) is 9.75. The average Bonchev–Trinajstić information content (AvgIpc) is 3.46. The van der Waals surface area contributed by atoms with Crippen molar-refractivity contribution in [2.75, 3.05) is 42.9 Å². The molecule has 37 heavy (non-hydrogen) atoms. The highest BCUT2D eigenvalue weighted by Crippen LogP contribution is 2.31. The Bertz CT molecular complexity index is 1480. The number of imide groups is 1. The molecule has 1 fully saturated rings. The number of amides is 4. The van der Waals surface area contributed by atoms with E-state index < -0.39 is 24.3 Å². The number of carbonyl (C=O) groups is 4. The van der Waals surface area contributed by atoms with Crippen molar-refractivity contribution in [2.45, 2.75) is 0 Å². The van der Waals surface area contributed by atoms with Crippen LogP contribution in [0.5, 0.6) is 0 Å². The Morgan fingerprint density at radius 1 is 1.05 bits per heavy atom.